The van der Waals surface area contributed by atoms with Gasteiger partial charge in [-0.25, -0.2) is 13.8 Å². The van der Waals surface area contributed by atoms with Crippen molar-refractivity contribution in [2.45, 2.75) is 32.7 Å². The SMILES string of the molecule is Cc1nc2c(=O)n(C3CC3)c3c(C)c(-c4cc(F)c(C#N)cc4F)ccc3c2o1. The number of aromatic nitrogens is 2. The Labute approximate surface area is 163 Å². The largest absolute Gasteiger partial charge is 0.440 e. The summed E-state index contributed by atoms with van der Waals surface area (Å²) in [7, 11) is 0. The minimum atomic E-state index is -0.788. The van der Waals surface area contributed by atoms with Crippen molar-refractivity contribution >= 4 is 22.0 Å². The fourth-order valence-corrected chi connectivity index (χ4v) is 3.98. The molecule has 144 valence electrons. The van der Waals surface area contributed by atoms with E-state index >= 15 is 0 Å². The summed E-state index contributed by atoms with van der Waals surface area (Å²) in [6.45, 7) is 3.46. The summed E-state index contributed by atoms with van der Waals surface area (Å²) >= 11 is 0. The standard InChI is InChI=1S/C22H15F2N3O2/c1-10-14(16-8-17(23)12(9-25)7-18(16)24)5-6-15-20(10)27(13-3-4-13)22(28)19-21(15)29-11(2)26-19/h5-8,13H,3-4H2,1-2H3. The van der Waals surface area contributed by atoms with Crippen LogP contribution in [-0.4, -0.2) is 9.55 Å². The van der Waals surface area contributed by atoms with E-state index in [9.17, 15) is 13.6 Å². The number of hydrogen-bond acceptors (Lipinski definition) is 4. The topological polar surface area (TPSA) is 71.8 Å². The van der Waals surface area contributed by atoms with Crippen molar-refractivity contribution in [1.82, 2.24) is 9.55 Å². The van der Waals surface area contributed by atoms with Gasteiger partial charge in [-0.05, 0) is 49.1 Å². The first kappa shape index (κ1) is 17.6. The molecule has 1 aliphatic rings. The molecule has 2 aromatic carbocycles. The van der Waals surface area contributed by atoms with Crippen molar-refractivity contribution in [2.75, 3.05) is 0 Å². The quantitative estimate of drug-likeness (QED) is 0.487. The number of nitriles is 1. The van der Waals surface area contributed by atoms with E-state index in [4.69, 9.17) is 9.68 Å². The van der Waals surface area contributed by atoms with Gasteiger partial charge < -0.3 is 8.98 Å². The van der Waals surface area contributed by atoms with Gasteiger partial charge in [-0.1, -0.05) is 6.07 Å². The third-order valence-corrected chi connectivity index (χ3v) is 5.45. The van der Waals surface area contributed by atoms with Crippen LogP contribution in [-0.2, 0) is 0 Å². The molecule has 5 nitrogen and oxygen atoms in total. The minimum absolute atomic E-state index is 0.0459. The molecule has 0 bridgehead atoms. The van der Waals surface area contributed by atoms with Crippen LogP contribution in [0.4, 0.5) is 8.78 Å². The number of hydrogen-bond donors (Lipinski definition) is 0. The first-order valence-electron chi connectivity index (χ1n) is 9.25. The normalized spacial score (nSPS) is 13.9. The van der Waals surface area contributed by atoms with Crippen molar-refractivity contribution in [3.63, 3.8) is 0 Å². The molecule has 29 heavy (non-hydrogen) atoms. The average Bonchev–Trinajstić information content (AvgIpc) is 3.44. The van der Waals surface area contributed by atoms with Gasteiger partial charge in [-0.3, -0.25) is 4.79 Å². The molecule has 5 rings (SSSR count). The Balaban J connectivity index is 1.90. The molecule has 0 amide bonds. The van der Waals surface area contributed by atoms with Crippen LogP contribution >= 0.6 is 0 Å². The van der Waals surface area contributed by atoms with Crippen molar-refractivity contribution in [2.24, 2.45) is 0 Å². The van der Waals surface area contributed by atoms with Gasteiger partial charge in [0.2, 0.25) is 0 Å². The zero-order valence-corrected chi connectivity index (χ0v) is 15.7. The monoisotopic (exact) mass is 391 g/mol. The second kappa shape index (κ2) is 5.98. The number of halogens is 2. The van der Waals surface area contributed by atoms with E-state index in [0.717, 1.165) is 25.0 Å². The zero-order valence-electron chi connectivity index (χ0n) is 15.7. The van der Waals surface area contributed by atoms with Crippen molar-refractivity contribution in [3.05, 3.63) is 63.3 Å². The molecule has 7 heteroatoms. The summed E-state index contributed by atoms with van der Waals surface area (Å²) in [6.07, 6.45) is 1.75. The fraction of sp³-hybridized carbons (Fsp3) is 0.227. The van der Waals surface area contributed by atoms with E-state index in [1.807, 2.05) is 0 Å². The number of pyridine rings is 1. The van der Waals surface area contributed by atoms with E-state index in [1.54, 1.807) is 36.6 Å². The van der Waals surface area contributed by atoms with Gasteiger partial charge in [0.15, 0.2) is 17.0 Å². The van der Waals surface area contributed by atoms with Crippen LogP contribution in [0.15, 0.2) is 33.5 Å². The van der Waals surface area contributed by atoms with Gasteiger partial charge in [0.1, 0.15) is 17.7 Å². The van der Waals surface area contributed by atoms with E-state index < -0.39 is 11.6 Å². The number of nitrogens with zero attached hydrogens (tertiary/aromatic N) is 3. The maximum atomic E-state index is 14.7. The molecule has 2 aromatic heterocycles. The smallest absolute Gasteiger partial charge is 0.281 e. The summed E-state index contributed by atoms with van der Waals surface area (Å²) in [5, 5.41) is 9.64. The molecule has 1 fully saturated rings. The summed E-state index contributed by atoms with van der Waals surface area (Å²) < 4.78 is 36.3. The van der Waals surface area contributed by atoms with Gasteiger partial charge in [-0.15, -0.1) is 0 Å². The van der Waals surface area contributed by atoms with Crippen LogP contribution in [0.3, 0.4) is 0 Å². The van der Waals surface area contributed by atoms with Crippen LogP contribution in [0.25, 0.3) is 33.1 Å². The van der Waals surface area contributed by atoms with E-state index in [-0.39, 0.29) is 28.2 Å². The molecule has 0 radical (unpaired) electrons. The average molecular weight is 391 g/mol. The predicted molar refractivity (Wildman–Crippen MR) is 104 cm³/mol. The highest BCUT2D eigenvalue weighted by Crippen LogP contribution is 2.40. The Morgan fingerprint density at radius 3 is 2.62 bits per heavy atom. The van der Waals surface area contributed by atoms with Gasteiger partial charge in [0, 0.05) is 23.9 Å². The summed E-state index contributed by atoms with van der Waals surface area (Å²) in [6, 6.07) is 7.05. The first-order chi connectivity index (χ1) is 13.9. The molecule has 0 unspecified atom stereocenters. The molecule has 0 aliphatic heterocycles. The number of benzene rings is 2. The number of rotatable bonds is 2. The van der Waals surface area contributed by atoms with Crippen LogP contribution in [0, 0.1) is 36.8 Å². The first-order valence-corrected chi connectivity index (χ1v) is 9.25. The second-order valence-corrected chi connectivity index (χ2v) is 7.37. The zero-order chi connectivity index (χ0) is 20.4. The number of oxazole rings is 1. The van der Waals surface area contributed by atoms with Gasteiger partial charge in [0.05, 0.1) is 11.1 Å². The van der Waals surface area contributed by atoms with E-state index in [1.165, 1.54) is 0 Å². The molecule has 0 atom stereocenters. The molecule has 1 saturated carbocycles. The molecule has 2 heterocycles. The van der Waals surface area contributed by atoms with Crippen LogP contribution in [0.1, 0.15) is 35.9 Å². The fourth-order valence-electron chi connectivity index (χ4n) is 3.98. The Hall–Kier alpha value is -3.53. The second-order valence-electron chi connectivity index (χ2n) is 7.37. The Kier molecular flexibility index (Phi) is 3.62. The van der Waals surface area contributed by atoms with Crippen LogP contribution < -0.4 is 5.56 Å². The Morgan fingerprint density at radius 1 is 1.17 bits per heavy atom. The maximum absolute atomic E-state index is 14.7. The predicted octanol–water partition coefficient (Wildman–Crippen LogP) is 4.91. The lowest BCUT2D eigenvalue weighted by atomic mass is 9.95. The van der Waals surface area contributed by atoms with Crippen molar-refractivity contribution < 1.29 is 13.2 Å². The van der Waals surface area contributed by atoms with Gasteiger partial charge >= 0.3 is 0 Å². The lowest BCUT2D eigenvalue weighted by Gasteiger charge is -2.16. The highest BCUT2D eigenvalue weighted by molar-refractivity contribution is 6.04. The van der Waals surface area contributed by atoms with Crippen molar-refractivity contribution in [1.29, 1.82) is 5.26 Å². The molecule has 0 spiro atoms. The lowest BCUT2D eigenvalue weighted by molar-refractivity contribution is 0.563. The number of aryl methyl sites for hydroxylation is 2. The van der Waals surface area contributed by atoms with Gasteiger partial charge in [0.25, 0.3) is 5.56 Å². The highest BCUT2D eigenvalue weighted by Gasteiger charge is 2.30. The molecule has 0 N–H and O–H groups in total. The third kappa shape index (κ3) is 2.49. The minimum Gasteiger partial charge on any atom is -0.440 e. The Morgan fingerprint density at radius 2 is 1.93 bits per heavy atom. The van der Waals surface area contributed by atoms with Crippen LogP contribution in [0.5, 0.6) is 0 Å². The Bertz CT molecular complexity index is 1440. The highest BCUT2D eigenvalue weighted by atomic mass is 19.1. The lowest BCUT2D eigenvalue weighted by Crippen LogP contribution is -2.20. The summed E-state index contributed by atoms with van der Waals surface area (Å²) in [5.41, 5.74) is 1.89. The molecular formula is C22H15F2N3O2. The van der Waals surface area contributed by atoms with Gasteiger partial charge in [-0.2, -0.15) is 5.26 Å². The van der Waals surface area contributed by atoms with E-state index in [0.29, 0.717) is 33.5 Å². The van der Waals surface area contributed by atoms with Crippen LogP contribution in [0.2, 0.25) is 0 Å². The summed E-state index contributed by atoms with van der Waals surface area (Å²) in [5.74, 6) is -1.08. The summed E-state index contributed by atoms with van der Waals surface area (Å²) in [4.78, 5) is 17.4. The van der Waals surface area contributed by atoms with E-state index in [2.05, 4.69) is 4.98 Å². The number of fused-ring (bicyclic) bond motifs is 3. The molecule has 1 aliphatic carbocycles. The molecule has 4 aromatic rings. The third-order valence-electron chi connectivity index (χ3n) is 5.45. The van der Waals surface area contributed by atoms with Crippen molar-refractivity contribution in [3.8, 4) is 17.2 Å². The maximum Gasteiger partial charge on any atom is 0.281 e. The molecular weight excluding hydrogens is 376 g/mol. The molecule has 0 saturated heterocycles.